The lowest BCUT2D eigenvalue weighted by atomic mass is 9.96. The maximum Gasteiger partial charge on any atom is 0.257 e. The Balaban J connectivity index is 1.33. The summed E-state index contributed by atoms with van der Waals surface area (Å²) in [6.45, 7) is 1.78. The standard InChI is InChI=1S/C22H24Cl2N2O5/c23-17-1-5-19(6-2-17)30-13-21(27)25-9-15-11-29-12-16(15)10-26-22(28)14-31-20-7-3-18(24)4-8-20/h1-8,15-16H,9-14H2,(H,25,27)(H,26,28)/t15-,16-/m1/s1. The second-order valence-electron chi connectivity index (χ2n) is 7.15. The average molecular weight is 467 g/mol. The van der Waals surface area contributed by atoms with Gasteiger partial charge in [-0.3, -0.25) is 9.59 Å². The van der Waals surface area contributed by atoms with Gasteiger partial charge in [-0.25, -0.2) is 0 Å². The summed E-state index contributed by atoms with van der Waals surface area (Å²) in [5.74, 6) is 0.922. The summed E-state index contributed by atoms with van der Waals surface area (Å²) in [6, 6.07) is 13.6. The highest BCUT2D eigenvalue weighted by atomic mass is 35.5. The topological polar surface area (TPSA) is 85.9 Å². The molecule has 0 bridgehead atoms. The molecule has 0 unspecified atom stereocenters. The van der Waals surface area contributed by atoms with Crippen molar-refractivity contribution in [2.75, 3.05) is 39.5 Å². The van der Waals surface area contributed by atoms with E-state index < -0.39 is 0 Å². The van der Waals surface area contributed by atoms with Gasteiger partial charge < -0.3 is 24.8 Å². The first kappa shape index (κ1) is 23.2. The van der Waals surface area contributed by atoms with Gasteiger partial charge in [0.1, 0.15) is 11.5 Å². The van der Waals surface area contributed by atoms with Crippen LogP contribution in [0.15, 0.2) is 48.5 Å². The van der Waals surface area contributed by atoms with Crippen LogP contribution in [0.4, 0.5) is 0 Å². The first-order chi connectivity index (χ1) is 15.0. The Labute approximate surface area is 191 Å². The Morgan fingerprint density at radius 1 is 0.774 bits per heavy atom. The van der Waals surface area contributed by atoms with Crippen molar-refractivity contribution in [1.82, 2.24) is 10.6 Å². The Hall–Kier alpha value is -2.48. The minimum Gasteiger partial charge on any atom is -0.484 e. The third-order valence-corrected chi connectivity index (χ3v) is 5.32. The van der Waals surface area contributed by atoms with E-state index in [-0.39, 0.29) is 36.9 Å². The van der Waals surface area contributed by atoms with E-state index in [1.807, 2.05) is 0 Å². The van der Waals surface area contributed by atoms with Crippen LogP contribution in [0.3, 0.4) is 0 Å². The van der Waals surface area contributed by atoms with Crippen LogP contribution in [-0.2, 0) is 14.3 Å². The molecular formula is C22H24Cl2N2O5. The lowest BCUT2D eigenvalue weighted by Crippen LogP contribution is -2.40. The fraction of sp³-hybridized carbons (Fsp3) is 0.364. The molecule has 2 N–H and O–H groups in total. The molecule has 3 rings (SSSR count). The van der Waals surface area contributed by atoms with Crippen LogP contribution in [0.2, 0.25) is 10.0 Å². The molecule has 2 amide bonds. The van der Waals surface area contributed by atoms with Crippen molar-refractivity contribution in [3.05, 3.63) is 58.6 Å². The first-order valence-electron chi connectivity index (χ1n) is 9.87. The van der Waals surface area contributed by atoms with Crippen LogP contribution in [0.5, 0.6) is 11.5 Å². The third kappa shape index (κ3) is 7.94. The average Bonchev–Trinajstić information content (AvgIpc) is 3.23. The second-order valence-corrected chi connectivity index (χ2v) is 8.02. The van der Waals surface area contributed by atoms with Crippen LogP contribution in [-0.4, -0.2) is 51.3 Å². The monoisotopic (exact) mass is 466 g/mol. The minimum atomic E-state index is -0.221. The summed E-state index contributed by atoms with van der Waals surface area (Å²) in [6.07, 6.45) is 0. The molecule has 0 radical (unpaired) electrons. The van der Waals surface area contributed by atoms with Gasteiger partial charge in [-0.1, -0.05) is 23.2 Å². The summed E-state index contributed by atoms with van der Waals surface area (Å²) in [7, 11) is 0. The molecule has 7 nitrogen and oxygen atoms in total. The highest BCUT2D eigenvalue weighted by Crippen LogP contribution is 2.20. The van der Waals surface area contributed by atoms with E-state index >= 15 is 0 Å². The first-order valence-corrected chi connectivity index (χ1v) is 10.6. The van der Waals surface area contributed by atoms with E-state index in [9.17, 15) is 9.59 Å². The Kier molecular flexibility index (Phi) is 8.82. The zero-order valence-electron chi connectivity index (χ0n) is 16.8. The molecule has 31 heavy (non-hydrogen) atoms. The number of nitrogens with one attached hydrogen (secondary N) is 2. The van der Waals surface area contributed by atoms with Gasteiger partial charge in [-0.15, -0.1) is 0 Å². The van der Waals surface area contributed by atoms with Gasteiger partial charge in [-0.2, -0.15) is 0 Å². The van der Waals surface area contributed by atoms with Crippen molar-refractivity contribution < 1.29 is 23.8 Å². The Morgan fingerprint density at radius 3 is 1.55 bits per heavy atom. The molecule has 0 aromatic heterocycles. The molecule has 2 aromatic rings. The number of carbonyl (C=O) groups is 2. The quantitative estimate of drug-likeness (QED) is 0.562. The molecule has 9 heteroatoms. The van der Waals surface area contributed by atoms with E-state index in [2.05, 4.69) is 10.6 Å². The zero-order valence-corrected chi connectivity index (χ0v) is 18.3. The van der Waals surface area contributed by atoms with Gasteiger partial charge in [0.15, 0.2) is 13.2 Å². The van der Waals surface area contributed by atoms with Gasteiger partial charge in [0.25, 0.3) is 11.8 Å². The predicted octanol–water partition coefficient (Wildman–Crippen LogP) is 2.95. The Bertz CT molecular complexity index is 790. The summed E-state index contributed by atoms with van der Waals surface area (Å²) >= 11 is 11.6. The van der Waals surface area contributed by atoms with E-state index in [4.69, 9.17) is 37.4 Å². The lowest BCUT2D eigenvalue weighted by Gasteiger charge is -2.19. The second kappa shape index (κ2) is 11.8. The van der Waals surface area contributed by atoms with Gasteiger partial charge in [0.2, 0.25) is 0 Å². The molecule has 0 spiro atoms. The zero-order chi connectivity index (χ0) is 22.1. The molecule has 1 heterocycles. The number of hydrogen-bond acceptors (Lipinski definition) is 5. The van der Waals surface area contributed by atoms with E-state index in [1.54, 1.807) is 48.5 Å². The minimum absolute atomic E-state index is 0.0847. The summed E-state index contributed by atoms with van der Waals surface area (Å²) in [5.41, 5.74) is 0. The molecule has 166 valence electrons. The number of halogens is 2. The molecule has 0 saturated carbocycles. The van der Waals surface area contributed by atoms with Crippen LogP contribution >= 0.6 is 23.2 Å². The molecule has 1 aliphatic heterocycles. The summed E-state index contributed by atoms with van der Waals surface area (Å²) < 4.78 is 16.4. The number of carbonyl (C=O) groups excluding carboxylic acids is 2. The van der Waals surface area contributed by atoms with Gasteiger partial charge in [0, 0.05) is 35.0 Å². The largest absolute Gasteiger partial charge is 0.484 e. The summed E-state index contributed by atoms with van der Waals surface area (Å²) in [5, 5.41) is 6.92. The van der Waals surface area contributed by atoms with Crippen molar-refractivity contribution in [3.8, 4) is 11.5 Å². The lowest BCUT2D eigenvalue weighted by molar-refractivity contribution is -0.124. The highest BCUT2D eigenvalue weighted by molar-refractivity contribution is 6.30. The number of rotatable bonds is 10. The highest BCUT2D eigenvalue weighted by Gasteiger charge is 2.28. The smallest absolute Gasteiger partial charge is 0.257 e. The van der Waals surface area contributed by atoms with Crippen molar-refractivity contribution in [2.45, 2.75) is 0 Å². The molecule has 1 aliphatic rings. The molecule has 2 atom stereocenters. The third-order valence-electron chi connectivity index (χ3n) is 4.82. The van der Waals surface area contributed by atoms with Crippen molar-refractivity contribution in [1.29, 1.82) is 0 Å². The SMILES string of the molecule is O=C(COc1ccc(Cl)cc1)NC[C@@H]1COC[C@H]1CNC(=O)COc1ccc(Cl)cc1. The number of hydrogen-bond donors (Lipinski definition) is 2. The fourth-order valence-corrected chi connectivity index (χ4v) is 3.30. The molecular weight excluding hydrogens is 443 g/mol. The van der Waals surface area contributed by atoms with Crippen LogP contribution in [0, 0.1) is 11.8 Å². The predicted molar refractivity (Wildman–Crippen MR) is 118 cm³/mol. The molecule has 1 saturated heterocycles. The van der Waals surface area contributed by atoms with Gasteiger partial charge in [-0.05, 0) is 48.5 Å². The maximum absolute atomic E-state index is 12.1. The number of amides is 2. The maximum atomic E-state index is 12.1. The fourth-order valence-electron chi connectivity index (χ4n) is 3.05. The van der Waals surface area contributed by atoms with Crippen LogP contribution < -0.4 is 20.1 Å². The molecule has 0 aliphatic carbocycles. The molecule has 2 aromatic carbocycles. The number of ether oxygens (including phenoxy) is 3. The van der Waals surface area contributed by atoms with E-state index in [0.717, 1.165) is 0 Å². The Morgan fingerprint density at radius 2 is 1.16 bits per heavy atom. The summed E-state index contributed by atoms with van der Waals surface area (Å²) in [4.78, 5) is 24.1. The van der Waals surface area contributed by atoms with E-state index in [0.29, 0.717) is 47.8 Å². The van der Waals surface area contributed by atoms with Crippen LogP contribution in [0.25, 0.3) is 0 Å². The van der Waals surface area contributed by atoms with Crippen LogP contribution in [0.1, 0.15) is 0 Å². The van der Waals surface area contributed by atoms with Gasteiger partial charge >= 0.3 is 0 Å². The van der Waals surface area contributed by atoms with Crippen molar-refractivity contribution in [2.24, 2.45) is 11.8 Å². The van der Waals surface area contributed by atoms with Crippen molar-refractivity contribution >= 4 is 35.0 Å². The van der Waals surface area contributed by atoms with Crippen molar-refractivity contribution in [3.63, 3.8) is 0 Å². The van der Waals surface area contributed by atoms with Gasteiger partial charge in [0.05, 0.1) is 13.2 Å². The molecule has 1 fully saturated rings. The number of benzene rings is 2. The van der Waals surface area contributed by atoms with E-state index in [1.165, 1.54) is 0 Å². The normalized spacial score (nSPS) is 17.7.